The Kier molecular flexibility index (Phi) is 2.90. The van der Waals surface area contributed by atoms with Crippen LogP contribution in [0.2, 0.25) is 0 Å². The van der Waals surface area contributed by atoms with Crippen molar-refractivity contribution >= 4 is 15.6 Å². The third-order valence-electron chi connectivity index (χ3n) is 1.56. The molecular formula is C9H10O4S. The topological polar surface area (TPSA) is 71.4 Å². The number of sulfone groups is 1. The van der Waals surface area contributed by atoms with Gasteiger partial charge in [-0.2, -0.15) is 0 Å². The Morgan fingerprint density at radius 2 is 2.07 bits per heavy atom. The Morgan fingerprint density at radius 1 is 1.43 bits per heavy atom. The number of rotatable bonds is 3. The zero-order valence-electron chi connectivity index (χ0n) is 7.60. The van der Waals surface area contributed by atoms with Crippen LogP contribution in [-0.2, 0) is 9.84 Å². The van der Waals surface area contributed by atoms with Gasteiger partial charge < -0.3 is 5.11 Å². The van der Waals surface area contributed by atoms with Crippen LogP contribution in [0, 0.1) is 0 Å². The van der Waals surface area contributed by atoms with Gasteiger partial charge in [0.1, 0.15) is 11.5 Å². The van der Waals surface area contributed by atoms with Crippen LogP contribution >= 0.6 is 0 Å². The molecule has 0 aliphatic heterocycles. The first kappa shape index (κ1) is 10.7. The first-order chi connectivity index (χ1) is 6.38. The number of phenols is 1. The lowest BCUT2D eigenvalue weighted by Crippen LogP contribution is -2.14. The van der Waals surface area contributed by atoms with Crippen molar-refractivity contribution in [1.29, 1.82) is 0 Å². The molecule has 0 aromatic heterocycles. The smallest absolute Gasteiger partial charge is 0.177 e. The lowest BCUT2D eigenvalue weighted by Gasteiger charge is -1.99. The maximum absolute atomic E-state index is 11.3. The van der Waals surface area contributed by atoms with Gasteiger partial charge in [-0.25, -0.2) is 8.42 Å². The van der Waals surface area contributed by atoms with E-state index in [4.69, 9.17) is 5.11 Å². The number of hydrogen-bond donors (Lipinski definition) is 1. The fourth-order valence-corrected chi connectivity index (χ4v) is 1.64. The van der Waals surface area contributed by atoms with Crippen LogP contribution in [0.15, 0.2) is 24.3 Å². The number of aromatic hydroxyl groups is 1. The second-order valence-corrected chi connectivity index (χ2v) is 5.18. The molecule has 1 aromatic carbocycles. The summed E-state index contributed by atoms with van der Waals surface area (Å²) >= 11 is 0. The van der Waals surface area contributed by atoms with E-state index in [1.165, 1.54) is 24.3 Å². The van der Waals surface area contributed by atoms with Crippen molar-refractivity contribution < 1.29 is 18.3 Å². The van der Waals surface area contributed by atoms with Crippen LogP contribution in [0.1, 0.15) is 10.4 Å². The van der Waals surface area contributed by atoms with Crippen LogP contribution in [0.4, 0.5) is 0 Å². The van der Waals surface area contributed by atoms with E-state index in [0.717, 1.165) is 6.26 Å². The van der Waals surface area contributed by atoms with Gasteiger partial charge in [-0.05, 0) is 12.1 Å². The molecule has 0 aliphatic rings. The highest BCUT2D eigenvalue weighted by Gasteiger charge is 2.13. The van der Waals surface area contributed by atoms with Gasteiger partial charge >= 0.3 is 0 Å². The summed E-state index contributed by atoms with van der Waals surface area (Å²) in [6.45, 7) is 0. The van der Waals surface area contributed by atoms with Crippen molar-refractivity contribution in [3.63, 3.8) is 0 Å². The van der Waals surface area contributed by atoms with Gasteiger partial charge in [-0.15, -0.1) is 0 Å². The predicted octanol–water partition coefficient (Wildman–Crippen LogP) is 0.620. The molecule has 0 spiro atoms. The number of hydrogen-bond acceptors (Lipinski definition) is 4. The molecule has 0 bridgehead atoms. The van der Waals surface area contributed by atoms with Crippen molar-refractivity contribution in [2.45, 2.75) is 0 Å². The summed E-state index contributed by atoms with van der Waals surface area (Å²) in [7, 11) is -3.32. The Labute approximate surface area is 82.1 Å². The Hall–Kier alpha value is -1.36. The molecule has 0 unspecified atom stereocenters. The fraction of sp³-hybridized carbons (Fsp3) is 0.222. The molecule has 5 heteroatoms. The second kappa shape index (κ2) is 3.79. The third kappa shape index (κ3) is 3.18. The minimum atomic E-state index is -3.32. The first-order valence-corrected chi connectivity index (χ1v) is 5.94. The van der Waals surface area contributed by atoms with Gasteiger partial charge in [0.25, 0.3) is 0 Å². The lowest BCUT2D eigenvalue weighted by atomic mass is 10.1. The van der Waals surface area contributed by atoms with Crippen molar-refractivity contribution in [3.8, 4) is 5.75 Å². The van der Waals surface area contributed by atoms with E-state index in [-0.39, 0.29) is 11.3 Å². The molecule has 1 aromatic rings. The van der Waals surface area contributed by atoms with Gasteiger partial charge in [0.15, 0.2) is 15.6 Å². The molecule has 14 heavy (non-hydrogen) atoms. The van der Waals surface area contributed by atoms with Crippen molar-refractivity contribution in [1.82, 2.24) is 0 Å². The Bertz CT molecular complexity index is 448. The molecule has 0 amide bonds. The first-order valence-electron chi connectivity index (χ1n) is 3.88. The van der Waals surface area contributed by atoms with Crippen molar-refractivity contribution in [3.05, 3.63) is 29.8 Å². The second-order valence-electron chi connectivity index (χ2n) is 3.04. The van der Waals surface area contributed by atoms with Crippen molar-refractivity contribution in [2.75, 3.05) is 12.0 Å². The van der Waals surface area contributed by atoms with Crippen LogP contribution < -0.4 is 0 Å². The van der Waals surface area contributed by atoms with Gasteiger partial charge in [0.2, 0.25) is 0 Å². The molecule has 0 heterocycles. The molecule has 1 N–H and O–H groups in total. The molecule has 4 nitrogen and oxygen atoms in total. The standard InChI is InChI=1S/C9H10O4S/c1-14(12,13)6-9(11)7-3-2-4-8(10)5-7/h2-5,10H,6H2,1H3. The summed E-state index contributed by atoms with van der Waals surface area (Å²) in [6.07, 6.45) is 0.994. The Balaban J connectivity index is 2.91. The van der Waals surface area contributed by atoms with E-state index in [2.05, 4.69) is 0 Å². The summed E-state index contributed by atoms with van der Waals surface area (Å²) in [5, 5.41) is 9.06. The molecule has 76 valence electrons. The normalized spacial score (nSPS) is 11.2. The fourth-order valence-electron chi connectivity index (χ4n) is 1.00. The maximum atomic E-state index is 11.3. The molecule has 1 rings (SSSR count). The van der Waals surface area contributed by atoms with E-state index in [1.54, 1.807) is 0 Å². The molecule has 0 radical (unpaired) electrons. The van der Waals surface area contributed by atoms with E-state index in [1.807, 2.05) is 0 Å². The minimum Gasteiger partial charge on any atom is -0.508 e. The molecular weight excluding hydrogens is 204 g/mol. The summed E-state index contributed by atoms with van der Waals surface area (Å²) in [6, 6.07) is 5.61. The average molecular weight is 214 g/mol. The number of benzene rings is 1. The number of carbonyl (C=O) groups excluding carboxylic acids is 1. The Morgan fingerprint density at radius 3 is 2.57 bits per heavy atom. The SMILES string of the molecule is CS(=O)(=O)CC(=O)c1cccc(O)c1. The number of ketones is 1. The van der Waals surface area contributed by atoms with E-state index >= 15 is 0 Å². The van der Waals surface area contributed by atoms with Crippen LogP contribution in [0.25, 0.3) is 0 Å². The van der Waals surface area contributed by atoms with Gasteiger partial charge in [0, 0.05) is 11.8 Å². The summed E-state index contributed by atoms with van der Waals surface area (Å²) in [4.78, 5) is 11.3. The van der Waals surface area contributed by atoms with Gasteiger partial charge in [-0.1, -0.05) is 12.1 Å². The highest BCUT2D eigenvalue weighted by atomic mass is 32.2. The lowest BCUT2D eigenvalue weighted by molar-refractivity contribution is 0.102. The molecule has 0 atom stereocenters. The van der Waals surface area contributed by atoms with Gasteiger partial charge in [0.05, 0.1) is 0 Å². The molecule has 0 fully saturated rings. The third-order valence-corrected chi connectivity index (χ3v) is 2.35. The minimum absolute atomic E-state index is 0.0515. The predicted molar refractivity (Wildman–Crippen MR) is 52.1 cm³/mol. The highest BCUT2D eigenvalue weighted by Crippen LogP contribution is 2.11. The zero-order valence-corrected chi connectivity index (χ0v) is 8.41. The molecule has 0 saturated heterocycles. The van der Waals surface area contributed by atoms with Crippen LogP contribution in [0.5, 0.6) is 5.75 Å². The van der Waals surface area contributed by atoms with Gasteiger partial charge in [-0.3, -0.25) is 4.79 Å². The van der Waals surface area contributed by atoms with Crippen molar-refractivity contribution in [2.24, 2.45) is 0 Å². The van der Waals surface area contributed by atoms with Crippen LogP contribution in [-0.4, -0.2) is 31.3 Å². The number of phenolic OH excluding ortho intramolecular Hbond substituents is 1. The maximum Gasteiger partial charge on any atom is 0.177 e. The van der Waals surface area contributed by atoms with E-state index < -0.39 is 21.4 Å². The summed E-state index contributed by atoms with van der Waals surface area (Å²) in [5.74, 6) is -1.09. The highest BCUT2D eigenvalue weighted by molar-refractivity contribution is 7.91. The molecule has 0 aliphatic carbocycles. The molecule has 0 saturated carbocycles. The average Bonchev–Trinajstić information content (AvgIpc) is 2.01. The monoisotopic (exact) mass is 214 g/mol. The summed E-state index contributed by atoms with van der Waals surface area (Å²) in [5.41, 5.74) is 0.204. The van der Waals surface area contributed by atoms with E-state index in [0.29, 0.717) is 0 Å². The van der Waals surface area contributed by atoms with E-state index in [9.17, 15) is 13.2 Å². The largest absolute Gasteiger partial charge is 0.508 e. The quantitative estimate of drug-likeness (QED) is 0.749. The zero-order chi connectivity index (χ0) is 10.8. The number of Topliss-reactive ketones (excluding diaryl/α,β-unsaturated/α-hetero) is 1. The number of carbonyl (C=O) groups is 1. The van der Waals surface area contributed by atoms with Crippen LogP contribution in [0.3, 0.4) is 0 Å². The summed E-state index contributed by atoms with van der Waals surface area (Å²) < 4.78 is 21.6.